The van der Waals surface area contributed by atoms with Gasteiger partial charge in [-0.2, -0.15) is 9.97 Å². The molecule has 1 N–H and O–H groups in total. The molecule has 90 valence electrons. The molecule has 4 nitrogen and oxygen atoms in total. The van der Waals surface area contributed by atoms with Crippen molar-refractivity contribution >= 4 is 52.5 Å². The van der Waals surface area contributed by atoms with E-state index in [4.69, 9.17) is 34.8 Å². The molecule has 0 aliphatic carbocycles. The third-order valence-electron chi connectivity index (χ3n) is 1.43. The summed E-state index contributed by atoms with van der Waals surface area (Å²) in [5.74, 6) is 0.513. The van der Waals surface area contributed by atoms with Crippen molar-refractivity contribution in [2.45, 2.75) is 28.0 Å². The van der Waals surface area contributed by atoms with Crippen molar-refractivity contribution in [3.63, 3.8) is 0 Å². The molecular weight excluding hydrogens is 291 g/mol. The minimum Gasteiger partial charge on any atom is -0.357 e. The number of anilines is 1. The molecule has 0 spiro atoms. The van der Waals surface area contributed by atoms with Crippen LogP contribution >= 0.6 is 46.6 Å². The van der Waals surface area contributed by atoms with E-state index in [2.05, 4.69) is 20.3 Å². The van der Waals surface area contributed by atoms with Crippen molar-refractivity contribution < 1.29 is 0 Å². The Morgan fingerprint density at radius 3 is 2.25 bits per heavy atom. The van der Waals surface area contributed by atoms with E-state index in [-0.39, 0.29) is 5.82 Å². The van der Waals surface area contributed by atoms with Crippen LogP contribution in [-0.4, -0.2) is 27.2 Å². The molecule has 0 bridgehead atoms. The average molecular weight is 302 g/mol. The lowest BCUT2D eigenvalue weighted by atomic mass is 10.6. The number of hydrogen-bond acceptors (Lipinski definition) is 5. The van der Waals surface area contributed by atoms with Crippen LogP contribution in [0.25, 0.3) is 0 Å². The molecule has 8 heteroatoms. The fourth-order valence-corrected chi connectivity index (χ4v) is 1.81. The Balaban J connectivity index is 3.11. The Labute approximate surface area is 113 Å². The number of nitrogens with one attached hydrogen (secondary N) is 1. The SMILES string of the molecule is CNc1nc(SC(C)C)nc(C(Cl)(Cl)Cl)n1. The van der Waals surface area contributed by atoms with Gasteiger partial charge in [0.2, 0.25) is 9.74 Å². The zero-order valence-corrected chi connectivity index (χ0v) is 12.0. The molecule has 0 aromatic carbocycles. The van der Waals surface area contributed by atoms with E-state index in [9.17, 15) is 0 Å². The van der Waals surface area contributed by atoms with Gasteiger partial charge < -0.3 is 5.32 Å². The predicted octanol–water partition coefficient (Wildman–Crippen LogP) is 3.24. The molecule has 0 fully saturated rings. The third-order valence-corrected chi connectivity index (χ3v) is 2.81. The summed E-state index contributed by atoms with van der Waals surface area (Å²) in [5, 5.41) is 3.68. The van der Waals surface area contributed by atoms with Crippen LogP contribution in [0.3, 0.4) is 0 Å². The third kappa shape index (κ3) is 4.13. The number of rotatable bonds is 3. The van der Waals surface area contributed by atoms with Gasteiger partial charge in [-0.15, -0.1) is 0 Å². The number of aromatic nitrogens is 3. The number of alkyl halides is 3. The first-order chi connectivity index (χ1) is 7.32. The quantitative estimate of drug-likeness (QED) is 0.686. The minimum atomic E-state index is -1.64. The lowest BCUT2D eigenvalue weighted by Gasteiger charge is -2.12. The van der Waals surface area contributed by atoms with E-state index >= 15 is 0 Å². The van der Waals surface area contributed by atoms with E-state index in [0.717, 1.165) is 0 Å². The Morgan fingerprint density at radius 2 is 1.81 bits per heavy atom. The number of halogens is 3. The summed E-state index contributed by atoms with van der Waals surface area (Å²) in [6.45, 7) is 4.06. The van der Waals surface area contributed by atoms with E-state index in [0.29, 0.717) is 16.4 Å². The molecule has 1 heterocycles. The Kier molecular flexibility index (Phi) is 4.91. The fraction of sp³-hybridized carbons (Fsp3) is 0.625. The molecule has 0 unspecified atom stereocenters. The molecular formula is C8H11Cl3N4S. The van der Waals surface area contributed by atoms with Gasteiger partial charge >= 0.3 is 0 Å². The highest BCUT2D eigenvalue weighted by Crippen LogP contribution is 2.36. The Bertz CT molecular complexity index is 367. The van der Waals surface area contributed by atoms with E-state index < -0.39 is 3.79 Å². The maximum absolute atomic E-state index is 5.74. The molecule has 0 amide bonds. The van der Waals surface area contributed by atoms with Crippen molar-refractivity contribution in [3.05, 3.63) is 5.82 Å². The highest BCUT2D eigenvalue weighted by molar-refractivity contribution is 7.99. The summed E-state index contributed by atoms with van der Waals surface area (Å²) < 4.78 is -1.64. The van der Waals surface area contributed by atoms with Crippen LogP contribution < -0.4 is 5.32 Å². The maximum atomic E-state index is 5.74. The zero-order valence-electron chi connectivity index (χ0n) is 8.96. The largest absolute Gasteiger partial charge is 0.357 e. The van der Waals surface area contributed by atoms with Gasteiger partial charge in [-0.05, 0) is 0 Å². The average Bonchev–Trinajstić information content (AvgIpc) is 2.14. The van der Waals surface area contributed by atoms with Crippen LogP contribution in [0.5, 0.6) is 0 Å². The molecule has 1 aromatic heterocycles. The summed E-state index contributed by atoms with van der Waals surface area (Å²) in [7, 11) is 1.70. The molecule has 1 rings (SSSR count). The summed E-state index contributed by atoms with van der Waals surface area (Å²) in [4.78, 5) is 12.2. The summed E-state index contributed by atoms with van der Waals surface area (Å²) in [6, 6.07) is 0. The van der Waals surface area contributed by atoms with Crippen LogP contribution in [-0.2, 0) is 3.79 Å². The van der Waals surface area contributed by atoms with Crippen molar-refractivity contribution in [3.8, 4) is 0 Å². The van der Waals surface area contributed by atoms with Crippen LogP contribution in [0.1, 0.15) is 19.7 Å². The van der Waals surface area contributed by atoms with Crippen LogP contribution in [0, 0.1) is 0 Å². The normalized spacial score (nSPS) is 11.9. The molecule has 0 atom stereocenters. The molecule has 1 aromatic rings. The first-order valence-electron chi connectivity index (χ1n) is 4.50. The Hall–Kier alpha value is 0.0300. The van der Waals surface area contributed by atoms with E-state index in [1.54, 1.807) is 7.05 Å². The molecule has 16 heavy (non-hydrogen) atoms. The van der Waals surface area contributed by atoms with Crippen LogP contribution in [0.15, 0.2) is 5.16 Å². The molecule has 0 saturated heterocycles. The van der Waals surface area contributed by atoms with Gasteiger partial charge in [0.1, 0.15) is 0 Å². The summed E-state index contributed by atoms with van der Waals surface area (Å²) in [5.41, 5.74) is 0. The van der Waals surface area contributed by atoms with Gasteiger partial charge in [0.15, 0.2) is 11.0 Å². The summed E-state index contributed by atoms with van der Waals surface area (Å²) in [6.07, 6.45) is 0. The van der Waals surface area contributed by atoms with Gasteiger partial charge in [0.25, 0.3) is 0 Å². The highest BCUT2D eigenvalue weighted by atomic mass is 35.6. The van der Waals surface area contributed by atoms with Crippen molar-refractivity contribution in [1.29, 1.82) is 0 Å². The van der Waals surface area contributed by atoms with Crippen molar-refractivity contribution in [2.75, 3.05) is 12.4 Å². The standard InChI is InChI=1S/C8H11Cl3N4S/c1-4(2)16-7-14-5(8(9,10)11)13-6(12-3)15-7/h4H,1-3H3,(H,12,13,14,15). The second-order valence-corrected chi connectivity index (χ2v) is 7.00. The fourth-order valence-electron chi connectivity index (χ4n) is 0.859. The number of hydrogen-bond donors (Lipinski definition) is 1. The van der Waals surface area contributed by atoms with Crippen LogP contribution in [0.4, 0.5) is 5.95 Å². The maximum Gasteiger partial charge on any atom is 0.250 e. The summed E-state index contributed by atoms with van der Waals surface area (Å²) >= 11 is 18.7. The molecule has 0 radical (unpaired) electrons. The zero-order chi connectivity index (χ0) is 12.3. The molecule has 0 aliphatic rings. The second-order valence-electron chi connectivity index (χ2n) is 3.18. The smallest absolute Gasteiger partial charge is 0.250 e. The molecule has 0 aliphatic heterocycles. The van der Waals surface area contributed by atoms with Gasteiger partial charge in [-0.1, -0.05) is 60.4 Å². The minimum absolute atomic E-state index is 0.125. The first kappa shape index (κ1) is 14.1. The topological polar surface area (TPSA) is 50.7 Å². The second kappa shape index (κ2) is 5.58. The predicted molar refractivity (Wildman–Crippen MR) is 69.6 cm³/mol. The van der Waals surface area contributed by atoms with Gasteiger partial charge in [-0.25, -0.2) is 4.98 Å². The lowest BCUT2D eigenvalue weighted by Crippen LogP contribution is -2.12. The van der Waals surface area contributed by atoms with Gasteiger partial charge in [0, 0.05) is 12.3 Å². The van der Waals surface area contributed by atoms with Gasteiger partial charge in [-0.3, -0.25) is 0 Å². The molecule has 0 saturated carbocycles. The number of thioether (sulfide) groups is 1. The van der Waals surface area contributed by atoms with Crippen LogP contribution in [0.2, 0.25) is 0 Å². The van der Waals surface area contributed by atoms with E-state index in [1.807, 2.05) is 13.8 Å². The van der Waals surface area contributed by atoms with Crippen molar-refractivity contribution in [2.24, 2.45) is 0 Å². The number of nitrogens with zero attached hydrogens (tertiary/aromatic N) is 3. The monoisotopic (exact) mass is 300 g/mol. The Morgan fingerprint density at radius 1 is 1.19 bits per heavy atom. The van der Waals surface area contributed by atoms with Gasteiger partial charge in [0.05, 0.1) is 0 Å². The van der Waals surface area contributed by atoms with Crippen molar-refractivity contribution in [1.82, 2.24) is 15.0 Å². The first-order valence-corrected chi connectivity index (χ1v) is 6.52. The lowest BCUT2D eigenvalue weighted by molar-refractivity contribution is 0.827. The van der Waals surface area contributed by atoms with E-state index in [1.165, 1.54) is 11.8 Å². The highest BCUT2D eigenvalue weighted by Gasteiger charge is 2.28.